The third-order valence-corrected chi connectivity index (χ3v) is 5.39. The molecule has 3 rings (SSSR count). The summed E-state index contributed by atoms with van der Waals surface area (Å²) in [7, 11) is 0. The van der Waals surface area contributed by atoms with Gasteiger partial charge in [-0.2, -0.15) is 0 Å². The van der Waals surface area contributed by atoms with Gasteiger partial charge >= 0.3 is 6.09 Å². The molecule has 162 valence electrons. The van der Waals surface area contributed by atoms with Crippen molar-refractivity contribution >= 4 is 23.6 Å². The van der Waals surface area contributed by atoms with E-state index < -0.39 is 17.2 Å². The number of halogens is 1. The van der Waals surface area contributed by atoms with Crippen LogP contribution in [0.3, 0.4) is 0 Å². The maximum absolute atomic E-state index is 13.0. The van der Waals surface area contributed by atoms with Gasteiger partial charge in [0.05, 0.1) is 21.9 Å². The normalized spacial score (nSPS) is 15.9. The van der Waals surface area contributed by atoms with Gasteiger partial charge in [0, 0.05) is 6.54 Å². The molecule has 2 aromatic rings. The summed E-state index contributed by atoms with van der Waals surface area (Å²) < 4.78 is 6.85. The van der Waals surface area contributed by atoms with Crippen LogP contribution >= 0.6 is 11.6 Å². The fourth-order valence-corrected chi connectivity index (χ4v) is 3.51. The number of hydrogen-bond donors (Lipinski definition) is 2. The fourth-order valence-electron chi connectivity index (χ4n) is 3.29. The van der Waals surface area contributed by atoms with E-state index in [4.69, 9.17) is 16.3 Å². The highest BCUT2D eigenvalue weighted by atomic mass is 35.5. The quantitative estimate of drug-likeness (QED) is 0.724. The summed E-state index contributed by atoms with van der Waals surface area (Å²) in [5, 5.41) is 14.5. The molecule has 2 N–H and O–H groups in total. The molecule has 0 aliphatic heterocycles. The minimum atomic E-state index is -0.616. The van der Waals surface area contributed by atoms with Crippen molar-refractivity contribution in [3.8, 4) is 5.69 Å². The van der Waals surface area contributed by atoms with Crippen molar-refractivity contribution in [2.75, 3.05) is 6.54 Å². The third-order valence-electron chi connectivity index (χ3n) is 5.07. The lowest BCUT2D eigenvalue weighted by Crippen LogP contribution is -2.55. The highest BCUT2D eigenvalue weighted by molar-refractivity contribution is 6.32. The number of nitrogens with zero attached hydrogens (tertiary/aromatic N) is 3. The Morgan fingerprint density at radius 2 is 1.90 bits per heavy atom. The summed E-state index contributed by atoms with van der Waals surface area (Å²) in [5.41, 5.74) is 0.254. The van der Waals surface area contributed by atoms with Crippen molar-refractivity contribution in [2.24, 2.45) is 5.92 Å². The number of rotatable bonds is 6. The summed E-state index contributed by atoms with van der Waals surface area (Å²) >= 11 is 6.25. The highest BCUT2D eigenvalue weighted by Crippen LogP contribution is 2.39. The van der Waals surface area contributed by atoms with Gasteiger partial charge in [-0.1, -0.05) is 28.9 Å². The second-order valence-corrected chi connectivity index (χ2v) is 9.30. The zero-order valence-electron chi connectivity index (χ0n) is 18.0. The van der Waals surface area contributed by atoms with Crippen molar-refractivity contribution in [3.05, 3.63) is 40.7 Å². The van der Waals surface area contributed by atoms with E-state index in [2.05, 4.69) is 20.9 Å². The summed E-state index contributed by atoms with van der Waals surface area (Å²) in [6.07, 6.45) is 1.46. The molecule has 9 heteroatoms. The number of nitrogens with one attached hydrogen (secondary N) is 2. The first-order chi connectivity index (χ1) is 14.0. The molecular formula is C21H28ClN5O3. The van der Waals surface area contributed by atoms with Gasteiger partial charge in [0.15, 0.2) is 5.69 Å². The first-order valence-electron chi connectivity index (χ1n) is 9.97. The van der Waals surface area contributed by atoms with Crippen LogP contribution < -0.4 is 10.6 Å². The van der Waals surface area contributed by atoms with Gasteiger partial charge in [0.2, 0.25) is 0 Å². The zero-order chi connectivity index (χ0) is 22.1. The number of alkyl carbamates (subject to hydrolysis) is 1. The van der Waals surface area contributed by atoms with Crippen LogP contribution in [0.4, 0.5) is 4.79 Å². The Morgan fingerprint density at radius 1 is 1.23 bits per heavy atom. The van der Waals surface area contributed by atoms with E-state index in [1.54, 1.807) is 38.4 Å². The predicted octanol–water partition coefficient (Wildman–Crippen LogP) is 3.65. The van der Waals surface area contributed by atoms with Gasteiger partial charge in [0.25, 0.3) is 5.91 Å². The van der Waals surface area contributed by atoms with E-state index in [0.717, 1.165) is 12.8 Å². The fraction of sp³-hybridized carbons (Fsp3) is 0.524. The molecule has 1 aromatic carbocycles. The van der Waals surface area contributed by atoms with Gasteiger partial charge in [-0.3, -0.25) is 4.79 Å². The average Bonchev–Trinajstić information content (AvgIpc) is 3.43. The van der Waals surface area contributed by atoms with Gasteiger partial charge in [-0.25, -0.2) is 9.48 Å². The van der Waals surface area contributed by atoms with E-state index in [1.807, 2.05) is 25.1 Å². The molecule has 0 saturated heterocycles. The third kappa shape index (κ3) is 5.11. The largest absolute Gasteiger partial charge is 0.444 e. The lowest BCUT2D eigenvalue weighted by molar-refractivity contribution is 0.0502. The minimum absolute atomic E-state index is 0.221. The van der Waals surface area contributed by atoms with Gasteiger partial charge in [-0.05, 0) is 65.5 Å². The van der Waals surface area contributed by atoms with Gasteiger partial charge in [-0.15, -0.1) is 5.10 Å². The van der Waals surface area contributed by atoms with Crippen LogP contribution in [0.25, 0.3) is 5.69 Å². The van der Waals surface area contributed by atoms with E-state index >= 15 is 0 Å². The second kappa shape index (κ2) is 8.26. The van der Waals surface area contributed by atoms with Crippen LogP contribution in [-0.4, -0.2) is 44.7 Å². The number of benzene rings is 1. The molecule has 0 spiro atoms. The Labute approximate surface area is 181 Å². The standard InChI is InChI=1S/C21H28ClN5O3/c1-13-17(25-26-27(13)16-9-7-6-8-15(16)22)18(28)24-21(5,14-10-11-14)12-23-19(29)30-20(2,3)4/h6-9,14H,10-12H2,1-5H3,(H,23,29)(H,24,28). The van der Waals surface area contributed by atoms with Crippen LogP contribution in [0, 0.1) is 12.8 Å². The van der Waals surface area contributed by atoms with Crippen LogP contribution in [0.15, 0.2) is 24.3 Å². The Bertz CT molecular complexity index is 948. The molecular weight excluding hydrogens is 406 g/mol. The van der Waals surface area contributed by atoms with Crippen LogP contribution in [0.5, 0.6) is 0 Å². The molecule has 30 heavy (non-hydrogen) atoms. The summed E-state index contributed by atoms with van der Waals surface area (Å²) in [5.74, 6) is -0.0681. The number of ether oxygens (including phenoxy) is 1. The smallest absolute Gasteiger partial charge is 0.407 e. The SMILES string of the molecule is Cc1c(C(=O)NC(C)(CNC(=O)OC(C)(C)C)C2CC2)nnn1-c1ccccc1Cl. The molecule has 8 nitrogen and oxygen atoms in total. The lowest BCUT2D eigenvalue weighted by Gasteiger charge is -2.31. The molecule has 2 amide bonds. The molecule has 1 fully saturated rings. The number of hydrogen-bond acceptors (Lipinski definition) is 5. The molecule has 1 unspecified atom stereocenters. The average molecular weight is 434 g/mol. The maximum Gasteiger partial charge on any atom is 0.407 e. The molecule has 0 bridgehead atoms. The lowest BCUT2D eigenvalue weighted by atomic mass is 9.95. The number of para-hydroxylation sites is 1. The molecule has 0 radical (unpaired) electrons. The Hall–Kier alpha value is -2.61. The highest BCUT2D eigenvalue weighted by Gasteiger charge is 2.43. The summed E-state index contributed by atoms with van der Waals surface area (Å²) in [6, 6.07) is 7.23. The number of aromatic nitrogens is 3. The molecule has 1 atom stereocenters. The van der Waals surface area contributed by atoms with Crippen LogP contribution in [0.1, 0.15) is 56.7 Å². The van der Waals surface area contributed by atoms with Gasteiger partial charge in [0.1, 0.15) is 5.60 Å². The van der Waals surface area contributed by atoms with E-state index in [-0.39, 0.29) is 24.1 Å². The Morgan fingerprint density at radius 3 is 2.50 bits per heavy atom. The number of carbonyl (C=O) groups excluding carboxylic acids is 2. The second-order valence-electron chi connectivity index (χ2n) is 8.89. The molecule has 1 heterocycles. The first-order valence-corrected chi connectivity index (χ1v) is 10.3. The molecule has 1 aliphatic rings. The van der Waals surface area contributed by atoms with E-state index in [1.165, 1.54) is 0 Å². The van der Waals surface area contributed by atoms with Crippen molar-refractivity contribution < 1.29 is 14.3 Å². The Kier molecular flexibility index (Phi) is 6.08. The van der Waals surface area contributed by atoms with Crippen molar-refractivity contribution in [1.82, 2.24) is 25.6 Å². The van der Waals surface area contributed by atoms with Crippen molar-refractivity contribution in [2.45, 2.75) is 58.6 Å². The molecule has 1 aromatic heterocycles. The topological polar surface area (TPSA) is 98.1 Å². The summed E-state index contributed by atoms with van der Waals surface area (Å²) in [6.45, 7) is 9.37. The molecule has 1 saturated carbocycles. The first kappa shape index (κ1) is 22.1. The molecule has 1 aliphatic carbocycles. The van der Waals surface area contributed by atoms with Gasteiger partial charge < -0.3 is 15.4 Å². The van der Waals surface area contributed by atoms with E-state index in [9.17, 15) is 9.59 Å². The van der Waals surface area contributed by atoms with Crippen molar-refractivity contribution in [1.29, 1.82) is 0 Å². The van der Waals surface area contributed by atoms with Crippen molar-refractivity contribution in [3.63, 3.8) is 0 Å². The van der Waals surface area contributed by atoms with E-state index in [0.29, 0.717) is 16.4 Å². The Balaban J connectivity index is 1.73. The maximum atomic E-state index is 13.0. The minimum Gasteiger partial charge on any atom is -0.444 e. The monoisotopic (exact) mass is 433 g/mol. The number of amides is 2. The van der Waals surface area contributed by atoms with Crippen LogP contribution in [0.2, 0.25) is 5.02 Å². The summed E-state index contributed by atoms with van der Waals surface area (Å²) in [4.78, 5) is 25.1. The zero-order valence-corrected chi connectivity index (χ0v) is 18.7. The number of carbonyl (C=O) groups is 2. The predicted molar refractivity (Wildman–Crippen MR) is 114 cm³/mol. The van der Waals surface area contributed by atoms with Crippen LogP contribution in [-0.2, 0) is 4.74 Å².